The summed E-state index contributed by atoms with van der Waals surface area (Å²) in [4.78, 5) is 32.7. The van der Waals surface area contributed by atoms with E-state index in [4.69, 9.17) is 16.2 Å². The number of hydrogen-bond acceptors (Lipinski definition) is 9. The highest BCUT2D eigenvalue weighted by molar-refractivity contribution is 7.21. The normalized spacial score (nSPS) is 13.3. The fourth-order valence-corrected chi connectivity index (χ4v) is 7.41. The van der Waals surface area contributed by atoms with Crippen molar-refractivity contribution in [1.82, 2.24) is 4.98 Å². The number of carbonyl (C=O) groups is 2. The average Bonchev–Trinajstić information content (AvgIpc) is 3.43. The maximum atomic E-state index is 13.6. The molecule has 4 aromatic rings. The molecule has 1 amide bonds. The smallest absolute Gasteiger partial charge is 0.341 e. The van der Waals surface area contributed by atoms with Gasteiger partial charge in [0.05, 0.1) is 18.4 Å². The molecule has 5 N–H and O–H groups in total. The number of benzene rings is 1. The van der Waals surface area contributed by atoms with Gasteiger partial charge < -0.3 is 21.5 Å². The Morgan fingerprint density at radius 1 is 1.10 bits per heavy atom. The van der Waals surface area contributed by atoms with Gasteiger partial charge in [-0.15, -0.1) is 22.7 Å². The van der Waals surface area contributed by atoms with E-state index >= 15 is 0 Å². The van der Waals surface area contributed by atoms with Crippen molar-refractivity contribution < 1.29 is 14.3 Å². The molecule has 0 bridgehead atoms. The van der Waals surface area contributed by atoms with Gasteiger partial charge in [-0.05, 0) is 48.8 Å². The predicted molar refractivity (Wildman–Crippen MR) is 157 cm³/mol. The van der Waals surface area contributed by atoms with Crippen LogP contribution in [0.4, 0.5) is 16.5 Å². The van der Waals surface area contributed by atoms with Crippen LogP contribution in [0, 0.1) is 11.3 Å². The molecule has 0 saturated carbocycles. The van der Waals surface area contributed by atoms with Crippen molar-refractivity contribution in [3.05, 3.63) is 56.3 Å². The summed E-state index contributed by atoms with van der Waals surface area (Å²) >= 11 is 2.54. The first kappa shape index (κ1) is 26.7. The molecule has 0 saturated heterocycles. The lowest BCUT2D eigenvalue weighted by Crippen LogP contribution is -2.15. The van der Waals surface area contributed by atoms with Crippen molar-refractivity contribution in [3.8, 4) is 17.2 Å². The Bertz CT molecular complexity index is 1630. The van der Waals surface area contributed by atoms with Gasteiger partial charge in [-0.2, -0.15) is 5.26 Å². The zero-order valence-corrected chi connectivity index (χ0v) is 23.5. The van der Waals surface area contributed by atoms with Gasteiger partial charge in [0.25, 0.3) is 5.91 Å². The molecule has 1 aliphatic carbocycles. The summed E-state index contributed by atoms with van der Waals surface area (Å²) in [5, 5.41) is 13.9. The first-order chi connectivity index (χ1) is 18.9. The van der Waals surface area contributed by atoms with Crippen molar-refractivity contribution in [2.45, 2.75) is 51.9 Å². The van der Waals surface area contributed by atoms with Crippen LogP contribution in [0.25, 0.3) is 21.3 Å². The van der Waals surface area contributed by atoms with Gasteiger partial charge in [0.1, 0.15) is 32.2 Å². The molecule has 1 aromatic carbocycles. The number of anilines is 3. The van der Waals surface area contributed by atoms with Crippen LogP contribution in [0.2, 0.25) is 0 Å². The lowest BCUT2D eigenvalue weighted by Gasteiger charge is -2.11. The Kier molecular flexibility index (Phi) is 7.55. The summed E-state index contributed by atoms with van der Waals surface area (Å²) in [6.45, 7) is 2.07. The largest absolute Gasteiger partial charge is 0.465 e. The number of ether oxygens (including phenoxy) is 1. The minimum Gasteiger partial charge on any atom is -0.465 e. The van der Waals surface area contributed by atoms with Crippen molar-refractivity contribution in [2.24, 2.45) is 0 Å². The Hall–Kier alpha value is -3.94. The molecule has 200 valence electrons. The third-order valence-corrected chi connectivity index (χ3v) is 9.47. The fraction of sp³-hybridized carbons (Fsp3) is 0.310. The first-order valence-electron chi connectivity index (χ1n) is 12.9. The zero-order valence-electron chi connectivity index (χ0n) is 21.8. The van der Waals surface area contributed by atoms with Crippen LogP contribution in [-0.4, -0.2) is 24.0 Å². The van der Waals surface area contributed by atoms with Crippen molar-refractivity contribution in [2.75, 3.05) is 23.9 Å². The van der Waals surface area contributed by atoms with E-state index in [-0.39, 0.29) is 21.9 Å². The Morgan fingerprint density at radius 2 is 1.82 bits per heavy atom. The number of carbonyl (C=O) groups excluding carboxylic acids is 2. The van der Waals surface area contributed by atoms with Gasteiger partial charge in [0.2, 0.25) is 0 Å². The highest BCUT2D eigenvalue weighted by Crippen LogP contribution is 2.44. The summed E-state index contributed by atoms with van der Waals surface area (Å²) in [5.41, 5.74) is 17.1. The minimum atomic E-state index is -0.460. The molecule has 3 heterocycles. The molecule has 8 nitrogen and oxygen atoms in total. The van der Waals surface area contributed by atoms with Gasteiger partial charge in [0.15, 0.2) is 0 Å². The van der Waals surface area contributed by atoms with Crippen LogP contribution in [0.3, 0.4) is 0 Å². The molecule has 0 radical (unpaired) electrons. The third-order valence-electron chi connectivity index (χ3n) is 7.16. The topological polar surface area (TPSA) is 144 Å². The second kappa shape index (κ2) is 11.0. The number of nitrogens with zero attached hydrogens (tertiary/aromatic N) is 2. The van der Waals surface area contributed by atoms with Crippen LogP contribution < -0.4 is 16.8 Å². The van der Waals surface area contributed by atoms with Gasteiger partial charge >= 0.3 is 5.97 Å². The highest BCUT2D eigenvalue weighted by atomic mass is 32.1. The predicted octanol–water partition coefficient (Wildman–Crippen LogP) is 6.32. The molecule has 0 fully saturated rings. The van der Waals surface area contributed by atoms with Crippen LogP contribution in [0.1, 0.15) is 74.2 Å². The van der Waals surface area contributed by atoms with E-state index in [1.807, 2.05) is 24.3 Å². The first-order valence-corrected chi connectivity index (χ1v) is 14.6. The van der Waals surface area contributed by atoms with Gasteiger partial charge in [-0.1, -0.05) is 44.0 Å². The molecule has 0 aliphatic heterocycles. The molecule has 0 unspecified atom stereocenters. The summed E-state index contributed by atoms with van der Waals surface area (Å²) < 4.78 is 5.09. The Balaban J connectivity index is 1.61. The van der Waals surface area contributed by atoms with Gasteiger partial charge in [-0.3, -0.25) is 4.79 Å². The number of thiophene rings is 2. The number of hydrogen-bond donors (Lipinski definition) is 3. The molecule has 3 aromatic heterocycles. The molecule has 39 heavy (non-hydrogen) atoms. The second-order valence-electron chi connectivity index (χ2n) is 9.50. The number of aryl methyl sites for hydroxylation is 2. The lowest BCUT2D eigenvalue weighted by molar-refractivity contribution is 0.0601. The number of esters is 1. The number of fused-ring (bicyclic) bond motifs is 2. The van der Waals surface area contributed by atoms with E-state index in [0.717, 1.165) is 77.9 Å². The summed E-state index contributed by atoms with van der Waals surface area (Å²) in [7, 11) is 1.35. The van der Waals surface area contributed by atoms with Crippen molar-refractivity contribution in [1.29, 1.82) is 5.26 Å². The monoisotopic (exact) mass is 559 g/mol. The summed E-state index contributed by atoms with van der Waals surface area (Å²) in [6.07, 6.45) is 6.81. The van der Waals surface area contributed by atoms with E-state index in [0.29, 0.717) is 26.3 Å². The van der Waals surface area contributed by atoms with E-state index in [9.17, 15) is 14.9 Å². The molecule has 0 spiro atoms. The molecule has 1 aliphatic rings. The number of aromatic nitrogens is 1. The molecule has 10 heteroatoms. The van der Waals surface area contributed by atoms with Crippen molar-refractivity contribution >= 4 is 61.3 Å². The summed E-state index contributed by atoms with van der Waals surface area (Å²) in [6, 6.07) is 10.00. The number of pyridine rings is 1. The number of methoxy groups -OCH3 is 1. The molecule has 0 atom stereocenters. The fourth-order valence-electron chi connectivity index (χ4n) is 5.13. The van der Waals surface area contributed by atoms with E-state index in [2.05, 4.69) is 23.3 Å². The highest BCUT2D eigenvalue weighted by Gasteiger charge is 2.29. The zero-order chi connectivity index (χ0) is 27.7. The molecular formula is C29H29N5O3S2. The van der Waals surface area contributed by atoms with E-state index in [1.165, 1.54) is 18.4 Å². The number of rotatable bonds is 5. The number of nitrogens with one attached hydrogen (secondary N) is 1. The number of nitriles is 1. The van der Waals surface area contributed by atoms with E-state index in [1.54, 1.807) is 0 Å². The van der Waals surface area contributed by atoms with E-state index < -0.39 is 11.9 Å². The second-order valence-corrected chi connectivity index (χ2v) is 11.6. The maximum Gasteiger partial charge on any atom is 0.341 e. The quantitative estimate of drug-likeness (QED) is 0.243. The van der Waals surface area contributed by atoms with Crippen LogP contribution in [0.5, 0.6) is 0 Å². The molecular weight excluding hydrogens is 530 g/mol. The minimum absolute atomic E-state index is 0.0822. The maximum absolute atomic E-state index is 13.6. The number of amides is 1. The Labute approximate surface area is 234 Å². The number of nitrogens with two attached hydrogens (primary N) is 2. The van der Waals surface area contributed by atoms with Crippen LogP contribution >= 0.6 is 22.7 Å². The SMILES string of the molecule is CCc1ccc(-c2c(C#N)c(N)nc3sc(C(=O)Nc4sc5c(c4C(=O)OC)CCCCCC5)c(N)c23)cc1. The average molecular weight is 560 g/mol. The molecule has 5 rings (SSSR count). The lowest BCUT2D eigenvalue weighted by atomic mass is 9.96. The van der Waals surface area contributed by atoms with Crippen molar-refractivity contribution in [3.63, 3.8) is 0 Å². The summed E-state index contributed by atoms with van der Waals surface area (Å²) in [5.74, 6) is -0.823. The van der Waals surface area contributed by atoms with Gasteiger partial charge in [-0.25, -0.2) is 9.78 Å². The van der Waals surface area contributed by atoms with Crippen LogP contribution in [-0.2, 0) is 24.0 Å². The van der Waals surface area contributed by atoms with Crippen LogP contribution in [0.15, 0.2) is 24.3 Å². The third kappa shape index (κ3) is 4.84. The van der Waals surface area contributed by atoms with Gasteiger partial charge in [0, 0.05) is 15.8 Å². The number of nitrogen functional groups attached to an aromatic ring is 2. The standard InChI is InChI=1S/C29H29N5O3S2/c1-3-15-10-12-16(13-11-15)20-18(14-30)25(32)33-28-22(20)23(31)24(39-28)26(35)34-27-21(29(36)37-2)17-8-6-4-5-7-9-19(17)38-27/h10-13H,3-9,31H2,1-2H3,(H2,32,33)(H,34,35). The Morgan fingerprint density at radius 3 is 2.49 bits per heavy atom.